The van der Waals surface area contributed by atoms with Gasteiger partial charge >= 0.3 is 0 Å². The molecule has 3 atom stereocenters. The van der Waals surface area contributed by atoms with Gasteiger partial charge in [0.15, 0.2) is 0 Å². The van der Waals surface area contributed by atoms with Crippen LogP contribution in [0.2, 0.25) is 0 Å². The first-order valence-corrected chi connectivity index (χ1v) is 6.92. The van der Waals surface area contributed by atoms with Crippen LogP contribution < -0.4 is 0 Å². The molecule has 0 aliphatic heterocycles. The molecule has 110 valence electrons. The highest BCUT2D eigenvalue weighted by atomic mass is 16.6. The van der Waals surface area contributed by atoms with Crippen molar-refractivity contribution in [1.29, 1.82) is 0 Å². The molecule has 0 bridgehead atoms. The number of hydrogen-bond acceptors (Lipinski definition) is 4. The third kappa shape index (κ3) is 11.0. The van der Waals surface area contributed by atoms with E-state index in [4.69, 9.17) is 18.9 Å². The fourth-order valence-electron chi connectivity index (χ4n) is 1.48. The molecule has 0 saturated carbocycles. The first kappa shape index (κ1) is 17.8. The average molecular weight is 262 g/mol. The van der Waals surface area contributed by atoms with Gasteiger partial charge in [0.1, 0.15) is 0 Å². The lowest BCUT2D eigenvalue weighted by Gasteiger charge is -2.21. The first-order chi connectivity index (χ1) is 8.45. The fraction of sp³-hybridized carbons (Fsp3) is 1.00. The zero-order valence-corrected chi connectivity index (χ0v) is 12.8. The summed E-state index contributed by atoms with van der Waals surface area (Å²) in [5.41, 5.74) is 0. The Kier molecular flexibility index (Phi) is 10.6. The van der Waals surface area contributed by atoms with Gasteiger partial charge in [-0.25, -0.2) is 0 Å². The summed E-state index contributed by atoms with van der Waals surface area (Å²) in [6, 6.07) is 0. The van der Waals surface area contributed by atoms with E-state index in [-0.39, 0.29) is 24.4 Å². The smallest absolute Gasteiger partial charge is 0.0784 e. The van der Waals surface area contributed by atoms with Crippen LogP contribution in [0, 0.1) is 0 Å². The lowest BCUT2D eigenvalue weighted by Crippen LogP contribution is -2.27. The van der Waals surface area contributed by atoms with E-state index in [0.717, 1.165) is 6.61 Å². The van der Waals surface area contributed by atoms with Crippen molar-refractivity contribution < 1.29 is 18.9 Å². The molecule has 0 N–H and O–H groups in total. The number of hydrogen-bond donors (Lipinski definition) is 0. The maximum Gasteiger partial charge on any atom is 0.0784 e. The van der Waals surface area contributed by atoms with E-state index in [1.165, 1.54) is 0 Å². The van der Waals surface area contributed by atoms with Crippen molar-refractivity contribution in [3.8, 4) is 0 Å². The largest absolute Gasteiger partial charge is 0.379 e. The van der Waals surface area contributed by atoms with Crippen LogP contribution in [0.5, 0.6) is 0 Å². The fourth-order valence-corrected chi connectivity index (χ4v) is 1.48. The van der Waals surface area contributed by atoms with Crippen molar-refractivity contribution in [3.63, 3.8) is 0 Å². The van der Waals surface area contributed by atoms with Crippen LogP contribution in [0.15, 0.2) is 0 Å². The third-order valence-corrected chi connectivity index (χ3v) is 2.29. The number of rotatable bonds is 11. The molecular formula is C14H30O4. The molecule has 0 amide bonds. The molecule has 0 aliphatic carbocycles. The molecule has 0 aromatic heterocycles. The van der Waals surface area contributed by atoms with Gasteiger partial charge in [-0.05, 0) is 41.5 Å². The normalized spacial score (nSPS) is 16.8. The monoisotopic (exact) mass is 262 g/mol. The van der Waals surface area contributed by atoms with Crippen molar-refractivity contribution in [1.82, 2.24) is 0 Å². The maximum absolute atomic E-state index is 5.67. The summed E-state index contributed by atoms with van der Waals surface area (Å²) in [5.74, 6) is 0. The van der Waals surface area contributed by atoms with E-state index in [9.17, 15) is 0 Å². The molecule has 0 saturated heterocycles. The summed E-state index contributed by atoms with van der Waals surface area (Å²) >= 11 is 0. The maximum atomic E-state index is 5.67. The summed E-state index contributed by atoms with van der Waals surface area (Å²) < 4.78 is 22.2. The SMILES string of the molecule is CCOCC(C)OCC(C)OCC(C)OC(C)C. The van der Waals surface area contributed by atoms with Crippen LogP contribution in [0.1, 0.15) is 41.5 Å². The molecule has 0 fully saturated rings. The topological polar surface area (TPSA) is 36.9 Å². The highest BCUT2D eigenvalue weighted by molar-refractivity contribution is 4.55. The second-order valence-electron chi connectivity index (χ2n) is 4.94. The minimum atomic E-state index is 0.0762. The quantitative estimate of drug-likeness (QED) is 0.573. The predicted molar refractivity (Wildman–Crippen MR) is 73.0 cm³/mol. The summed E-state index contributed by atoms with van der Waals surface area (Å²) in [5, 5.41) is 0. The molecule has 4 heteroatoms. The second-order valence-corrected chi connectivity index (χ2v) is 4.94. The van der Waals surface area contributed by atoms with Gasteiger partial charge in [-0.1, -0.05) is 0 Å². The second kappa shape index (κ2) is 10.7. The standard InChI is InChI=1S/C14H30O4/c1-7-15-8-12(4)16-9-13(5)17-10-14(6)18-11(2)3/h11-14H,7-10H2,1-6H3. The Morgan fingerprint density at radius 2 is 1.22 bits per heavy atom. The molecule has 0 radical (unpaired) electrons. The van der Waals surface area contributed by atoms with Gasteiger partial charge in [0, 0.05) is 6.61 Å². The Hall–Kier alpha value is -0.160. The van der Waals surface area contributed by atoms with Crippen molar-refractivity contribution in [2.75, 3.05) is 26.4 Å². The molecule has 0 aromatic rings. The van der Waals surface area contributed by atoms with Crippen molar-refractivity contribution in [2.24, 2.45) is 0 Å². The van der Waals surface area contributed by atoms with Gasteiger partial charge < -0.3 is 18.9 Å². The van der Waals surface area contributed by atoms with E-state index >= 15 is 0 Å². The summed E-state index contributed by atoms with van der Waals surface area (Å²) in [7, 11) is 0. The van der Waals surface area contributed by atoms with Crippen molar-refractivity contribution in [3.05, 3.63) is 0 Å². The molecule has 0 rings (SSSR count). The van der Waals surface area contributed by atoms with Crippen LogP contribution in [0.25, 0.3) is 0 Å². The lowest BCUT2D eigenvalue weighted by atomic mass is 10.3. The lowest BCUT2D eigenvalue weighted by molar-refractivity contribution is -0.0876. The van der Waals surface area contributed by atoms with Gasteiger partial charge in [0.05, 0.1) is 44.2 Å². The Morgan fingerprint density at radius 3 is 1.72 bits per heavy atom. The highest BCUT2D eigenvalue weighted by Crippen LogP contribution is 2.02. The minimum Gasteiger partial charge on any atom is -0.379 e. The van der Waals surface area contributed by atoms with E-state index in [2.05, 4.69) is 0 Å². The molecule has 4 nitrogen and oxygen atoms in total. The predicted octanol–water partition coefficient (Wildman–Crippen LogP) is 2.65. The molecule has 3 unspecified atom stereocenters. The molecule has 0 heterocycles. The van der Waals surface area contributed by atoms with E-state index in [1.54, 1.807) is 0 Å². The van der Waals surface area contributed by atoms with Crippen LogP contribution in [-0.2, 0) is 18.9 Å². The highest BCUT2D eigenvalue weighted by Gasteiger charge is 2.10. The van der Waals surface area contributed by atoms with Gasteiger partial charge in [0.2, 0.25) is 0 Å². The van der Waals surface area contributed by atoms with Gasteiger partial charge in [-0.3, -0.25) is 0 Å². The zero-order valence-electron chi connectivity index (χ0n) is 12.8. The average Bonchev–Trinajstić information content (AvgIpc) is 2.30. The van der Waals surface area contributed by atoms with Crippen LogP contribution in [0.3, 0.4) is 0 Å². The summed E-state index contributed by atoms with van der Waals surface area (Å²) in [4.78, 5) is 0. The Labute approximate surface area is 112 Å². The Bertz CT molecular complexity index is 185. The van der Waals surface area contributed by atoms with Crippen LogP contribution >= 0.6 is 0 Å². The Morgan fingerprint density at radius 1 is 0.722 bits per heavy atom. The molecule has 0 aliphatic rings. The van der Waals surface area contributed by atoms with Crippen LogP contribution in [0.4, 0.5) is 0 Å². The summed E-state index contributed by atoms with van der Waals surface area (Å²) in [6.07, 6.45) is 0.544. The molecular weight excluding hydrogens is 232 g/mol. The molecule has 0 spiro atoms. The van der Waals surface area contributed by atoms with Gasteiger partial charge in [-0.2, -0.15) is 0 Å². The Balaban J connectivity index is 3.55. The summed E-state index contributed by atoms with van der Waals surface area (Å²) in [6.45, 7) is 14.6. The third-order valence-electron chi connectivity index (χ3n) is 2.29. The van der Waals surface area contributed by atoms with Crippen molar-refractivity contribution >= 4 is 0 Å². The van der Waals surface area contributed by atoms with Gasteiger partial charge in [-0.15, -0.1) is 0 Å². The molecule has 18 heavy (non-hydrogen) atoms. The number of ether oxygens (including phenoxy) is 4. The van der Waals surface area contributed by atoms with Crippen molar-refractivity contribution in [2.45, 2.75) is 66.0 Å². The molecule has 0 aromatic carbocycles. The van der Waals surface area contributed by atoms with E-state index < -0.39 is 0 Å². The van der Waals surface area contributed by atoms with E-state index in [0.29, 0.717) is 19.8 Å². The first-order valence-electron chi connectivity index (χ1n) is 6.92. The van der Waals surface area contributed by atoms with Gasteiger partial charge in [0.25, 0.3) is 0 Å². The minimum absolute atomic E-state index is 0.0762. The zero-order chi connectivity index (χ0) is 14.0. The van der Waals surface area contributed by atoms with Crippen LogP contribution in [-0.4, -0.2) is 50.8 Å². The van der Waals surface area contributed by atoms with E-state index in [1.807, 2.05) is 41.5 Å².